The van der Waals surface area contributed by atoms with E-state index < -0.39 is 5.97 Å². The van der Waals surface area contributed by atoms with Gasteiger partial charge in [0.15, 0.2) is 0 Å². The number of carboxylic acid groups (broad SMARTS) is 1. The fourth-order valence-electron chi connectivity index (χ4n) is 4.13. The van der Waals surface area contributed by atoms with Crippen LogP contribution in [0.5, 0.6) is 0 Å². The Hall–Kier alpha value is -0.530. The van der Waals surface area contributed by atoms with Gasteiger partial charge in [0.1, 0.15) is 0 Å². The molecule has 1 atom stereocenters. The molecule has 1 N–H and O–H groups in total. The van der Waals surface area contributed by atoms with Crippen molar-refractivity contribution in [3.8, 4) is 0 Å². The lowest BCUT2D eigenvalue weighted by Crippen LogP contribution is -1.95. The molecule has 0 aromatic rings. The number of unbranched alkanes of at least 4 members (excludes halogenated alkanes) is 17. The van der Waals surface area contributed by atoms with Gasteiger partial charge in [0.05, 0.1) is 0 Å². The first-order chi connectivity index (χ1) is 13.7. The molecule has 168 valence electrons. The van der Waals surface area contributed by atoms with Crippen LogP contribution in [0.1, 0.15) is 155 Å². The molecule has 2 heteroatoms. The van der Waals surface area contributed by atoms with Crippen LogP contribution in [0.25, 0.3) is 0 Å². The molecule has 0 aromatic carbocycles. The molecule has 0 saturated heterocycles. The Morgan fingerprint density at radius 2 is 0.893 bits per heavy atom. The summed E-state index contributed by atoms with van der Waals surface area (Å²) in [7, 11) is 0. The van der Waals surface area contributed by atoms with E-state index in [1.54, 1.807) is 0 Å². The van der Waals surface area contributed by atoms with Crippen LogP contribution in [0.2, 0.25) is 0 Å². The maximum atomic E-state index is 10.4. The highest BCUT2D eigenvalue weighted by Gasteiger charge is 2.02. The van der Waals surface area contributed by atoms with Crippen LogP contribution in [0, 0.1) is 5.92 Å². The minimum Gasteiger partial charge on any atom is -0.481 e. The zero-order valence-electron chi connectivity index (χ0n) is 19.5. The molecular formula is C26H52O2. The second-order valence-electron chi connectivity index (χ2n) is 9.19. The van der Waals surface area contributed by atoms with E-state index in [0.29, 0.717) is 6.42 Å². The van der Waals surface area contributed by atoms with Crippen molar-refractivity contribution in [2.75, 3.05) is 0 Å². The summed E-state index contributed by atoms with van der Waals surface area (Å²) >= 11 is 0. The standard InChI is InChI=1S/C26H52O2/c1-3-4-5-19-22-25(2)23-20-17-15-13-11-9-7-6-8-10-12-14-16-18-21-24-26(27)28/h25H,3-24H2,1-2H3,(H,27,28). The molecule has 0 amide bonds. The molecular weight excluding hydrogens is 344 g/mol. The molecule has 0 bridgehead atoms. The first-order valence-electron chi connectivity index (χ1n) is 12.9. The first-order valence-corrected chi connectivity index (χ1v) is 12.9. The lowest BCUT2D eigenvalue weighted by Gasteiger charge is -2.10. The maximum absolute atomic E-state index is 10.4. The second kappa shape index (κ2) is 22.8. The summed E-state index contributed by atoms with van der Waals surface area (Å²) in [6.07, 6.45) is 29.0. The summed E-state index contributed by atoms with van der Waals surface area (Å²) in [5, 5.41) is 8.59. The van der Waals surface area contributed by atoms with E-state index in [9.17, 15) is 4.79 Å². The zero-order chi connectivity index (χ0) is 20.7. The molecule has 0 radical (unpaired) electrons. The van der Waals surface area contributed by atoms with Gasteiger partial charge in [-0.15, -0.1) is 0 Å². The minimum absolute atomic E-state index is 0.345. The number of carbonyl (C=O) groups is 1. The van der Waals surface area contributed by atoms with Gasteiger partial charge in [0.25, 0.3) is 0 Å². The molecule has 0 rings (SSSR count). The zero-order valence-corrected chi connectivity index (χ0v) is 19.5. The first kappa shape index (κ1) is 27.5. The normalized spacial score (nSPS) is 12.4. The van der Waals surface area contributed by atoms with E-state index in [2.05, 4.69) is 13.8 Å². The van der Waals surface area contributed by atoms with Crippen LogP contribution >= 0.6 is 0 Å². The van der Waals surface area contributed by atoms with E-state index >= 15 is 0 Å². The van der Waals surface area contributed by atoms with E-state index in [1.165, 1.54) is 122 Å². The third-order valence-electron chi connectivity index (χ3n) is 6.14. The number of aliphatic carboxylic acids is 1. The largest absolute Gasteiger partial charge is 0.481 e. The van der Waals surface area contributed by atoms with Gasteiger partial charge in [-0.3, -0.25) is 4.79 Å². The lowest BCUT2D eigenvalue weighted by atomic mass is 9.96. The van der Waals surface area contributed by atoms with Crippen molar-refractivity contribution in [3.63, 3.8) is 0 Å². The summed E-state index contributed by atoms with van der Waals surface area (Å²) in [5.41, 5.74) is 0. The fraction of sp³-hybridized carbons (Fsp3) is 0.962. The van der Waals surface area contributed by atoms with Gasteiger partial charge in [-0.05, 0) is 12.3 Å². The molecule has 0 spiro atoms. The highest BCUT2D eigenvalue weighted by molar-refractivity contribution is 5.66. The van der Waals surface area contributed by atoms with Gasteiger partial charge in [-0.1, -0.05) is 142 Å². The van der Waals surface area contributed by atoms with Gasteiger partial charge in [-0.2, -0.15) is 0 Å². The van der Waals surface area contributed by atoms with Crippen LogP contribution < -0.4 is 0 Å². The summed E-state index contributed by atoms with van der Waals surface area (Å²) < 4.78 is 0. The Balaban J connectivity index is 3.09. The van der Waals surface area contributed by atoms with Crippen LogP contribution in [0.15, 0.2) is 0 Å². The van der Waals surface area contributed by atoms with Crippen molar-refractivity contribution in [2.45, 2.75) is 155 Å². The fourth-order valence-corrected chi connectivity index (χ4v) is 4.13. The number of rotatable bonds is 23. The van der Waals surface area contributed by atoms with Crippen molar-refractivity contribution < 1.29 is 9.90 Å². The molecule has 0 heterocycles. The Morgan fingerprint density at radius 1 is 0.571 bits per heavy atom. The van der Waals surface area contributed by atoms with Gasteiger partial charge >= 0.3 is 5.97 Å². The molecule has 28 heavy (non-hydrogen) atoms. The van der Waals surface area contributed by atoms with Crippen molar-refractivity contribution in [1.82, 2.24) is 0 Å². The van der Waals surface area contributed by atoms with Crippen LogP contribution in [0.3, 0.4) is 0 Å². The highest BCUT2D eigenvalue weighted by atomic mass is 16.4. The average molecular weight is 397 g/mol. The van der Waals surface area contributed by atoms with Gasteiger partial charge in [-0.25, -0.2) is 0 Å². The van der Waals surface area contributed by atoms with Crippen molar-refractivity contribution in [3.05, 3.63) is 0 Å². The third-order valence-corrected chi connectivity index (χ3v) is 6.14. The molecule has 0 fully saturated rings. The van der Waals surface area contributed by atoms with Crippen molar-refractivity contribution in [1.29, 1.82) is 0 Å². The predicted molar refractivity (Wildman–Crippen MR) is 124 cm³/mol. The Kier molecular flexibility index (Phi) is 22.3. The Morgan fingerprint density at radius 3 is 1.25 bits per heavy atom. The van der Waals surface area contributed by atoms with E-state index in [-0.39, 0.29) is 0 Å². The monoisotopic (exact) mass is 396 g/mol. The number of hydrogen-bond donors (Lipinski definition) is 1. The van der Waals surface area contributed by atoms with Gasteiger partial charge in [0.2, 0.25) is 0 Å². The van der Waals surface area contributed by atoms with E-state index in [4.69, 9.17) is 5.11 Å². The molecule has 0 aromatic heterocycles. The number of hydrogen-bond acceptors (Lipinski definition) is 1. The van der Waals surface area contributed by atoms with Gasteiger partial charge < -0.3 is 5.11 Å². The molecule has 2 nitrogen and oxygen atoms in total. The quantitative estimate of drug-likeness (QED) is 0.175. The van der Waals surface area contributed by atoms with Crippen LogP contribution in [-0.2, 0) is 4.79 Å². The van der Waals surface area contributed by atoms with Crippen molar-refractivity contribution in [2.24, 2.45) is 5.92 Å². The summed E-state index contributed by atoms with van der Waals surface area (Å²) in [6, 6.07) is 0. The molecule has 0 aliphatic carbocycles. The highest BCUT2D eigenvalue weighted by Crippen LogP contribution is 2.18. The second-order valence-corrected chi connectivity index (χ2v) is 9.19. The topological polar surface area (TPSA) is 37.3 Å². The minimum atomic E-state index is -0.650. The molecule has 1 unspecified atom stereocenters. The summed E-state index contributed by atoms with van der Waals surface area (Å²) in [6.45, 7) is 4.74. The third kappa shape index (κ3) is 23.5. The molecule has 0 aliphatic rings. The Labute approximate surface area is 177 Å². The van der Waals surface area contributed by atoms with E-state index in [0.717, 1.165) is 18.8 Å². The summed E-state index contributed by atoms with van der Waals surface area (Å²) in [5.74, 6) is 0.296. The van der Waals surface area contributed by atoms with Crippen LogP contribution in [-0.4, -0.2) is 11.1 Å². The van der Waals surface area contributed by atoms with Gasteiger partial charge in [0, 0.05) is 6.42 Å². The smallest absolute Gasteiger partial charge is 0.303 e. The average Bonchev–Trinajstić information content (AvgIpc) is 2.67. The lowest BCUT2D eigenvalue weighted by molar-refractivity contribution is -0.137. The molecule has 0 aliphatic heterocycles. The predicted octanol–water partition coefficient (Wildman–Crippen LogP) is 9.31. The number of carboxylic acids is 1. The van der Waals surface area contributed by atoms with Crippen LogP contribution in [0.4, 0.5) is 0 Å². The molecule has 0 saturated carbocycles. The van der Waals surface area contributed by atoms with Crippen molar-refractivity contribution >= 4 is 5.97 Å². The summed E-state index contributed by atoms with van der Waals surface area (Å²) in [4.78, 5) is 10.4. The Bertz CT molecular complexity index is 314. The maximum Gasteiger partial charge on any atom is 0.303 e. The SMILES string of the molecule is CCCCCCC(C)CCCCCCCCCCCCCCCCCC(=O)O. The van der Waals surface area contributed by atoms with E-state index in [1.807, 2.05) is 0 Å².